The summed E-state index contributed by atoms with van der Waals surface area (Å²) in [7, 11) is 0. The van der Waals surface area contributed by atoms with Crippen LogP contribution < -0.4 is 0 Å². The van der Waals surface area contributed by atoms with Crippen LogP contribution in [0.2, 0.25) is 0 Å². The number of hydrogen-bond acceptors (Lipinski definition) is 4. The molecular weight excluding hydrogens is 314 g/mol. The minimum Gasteiger partial charge on any atom is -0.392 e. The van der Waals surface area contributed by atoms with Crippen LogP contribution in [0.3, 0.4) is 0 Å². The number of ketones is 1. The number of fused-ring (bicyclic) bond motifs is 1. The molecule has 0 unspecified atom stereocenters. The molecule has 0 radical (unpaired) electrons. The molecule has 0 spiro atoms. The second kappa shape index (κ2) is 6.26. The van der Waals surface area contributed by atoms with Gasteiger partial charge in [0.2, 0.25) is 0 Å². The number of nitrogens with one attached hydrogen (secondary N) is 1. The molecule has 126 valence electrons. The molecule has 25 heavy (non-hydrogen) atoms. The molecule has 3 aromatic rings. The van der Waals surface area contributed by atoms with Gasteiger partial charge in [-0.2, -0.15) is 0 Å². The Balaban J connectivity index is 1.70. The fourth-order valence-electron chi connectivity index (χ4n) is 3.28. The highest BCUT2D eigenvalue weighted by molar-refractivity contribution is 6.08. The van der Waals surface area contributed by atoms with E-state index in [1.165, 1.54) is 0 Å². The number of nitrogens with zero attached hydrogens (tertiary/aromatic N) is 2. The van der Waals surface area contributed by atoms with Gasteiger partial charge in [-0.05, 0) is 23.3 Å². The van der Waals surface area contributed by atoms with E-state index < -0.39 is 0 Å². The lowest BCUT2D eigenvalue weighted by Gasteiger charge is -2.18. The van der Waals surface area contributed by atoms with Crippen molar-refractivity contribution in [3.63, 3.8) is 0 Å². The molecule has 2 heterocycles. The number of aromatic nitrogens is 2. The normalized spacial score (nSPS) is 17.8. The van der Waals surface area contributed by atoms with Gasteiger partial charge in [-0.3, -0.25) is 9.79 Å². The number of aromatic amines is 1. The van der Waals surface area contributed by atoms with Gasteiger partial charge >= 0.3 is 0 Å². The smallest absolute Gasteiger partial charge is 0.154 e. The van der Waals surface area contributed by atoms with E-state index in [2.05, 4.69) is 21.0 Å². The van der Waals surface area contributed by atoms with Crippen LogP contribution >= 0.6 is 0 Å². The number of imidazole rings is 1. The van der Waals surface area contributed by atoms with Crippen LogP contribution in [0.4, 0.5) is 0 Å². The van der Waals surface area contributed by atoms with Crippen molar-refractivity contribution < 1.29 is 9.90 Å². The molecule has 0 amide bonds. The summed E-state index contributed by atoms with van der Waals surface area (Å²) in [4.78, 5) is 24.0. The van der Waals surface area contributed by atoms with Gasteiger partial charge < -0.3 is 10.1 Å². The number of rotatable bonds is 3. The Kier molecular flexibility index (Phi) is 3.93. The molecule has 2 N–H and O–H groups in total. The maximum Gasteiger partial charge on any atom is 0.154 e. The molecule has 5 heteroatoms. The number of aliphatic imine (C=N–C) groups is 1. The highest BCUT2D eigenvalue weighted by Gasteiger charge is 2.21. The topological polar surface area (TPSA) is 78.3 Å². The Morgan fingerprint density at radius 2 is 1.92 bits per heavy atom. The molecular formula is C20H19N3O2. The van der Waals surface area contributed by atoms with Gasteiger partial charge in [-0.1, -0.05) is 37.3 Å². The van der Waals surface area contributed by atoms with E-state index in [4.69, 9.17) is 5.11 Å². The average molecular weight is 333 g/mol. The largest absolute Gasteiger partial charge is 0.392 e. The number of hydrogen-bond donors (Lipinski definition) is 2. The Bertz CT molecular complexity index is 970. The van der Waals surface area contributed by atoms with Crippen LogP contribution in [-0.2, 0) is 11.4 Å². The first-order valence-corrected chi connectivity index (χ1v) is 8.40. The van der Waals surface area contributed by atoms with E-state index in [1.54, 1.807) is 0 Å². The number of Topliss-reactive ketones (excluding diaryl/α,β-unsaturated/α-hetero) is 1. The van der Waals surface area contributed by atoms with Crippen LogP contribution in [0.25, 0.3) is 22.4 Å². The van der Waals surface area contributed by atoms with Crippen molar-refractivity contribution in [2.45, 2.75) is 20.0 Å². The third-order valence-electron chi connectivity index (χ3n) is 4.61. The van der Waals surface area contributed by atoms with Crippen LogP contribution in [0.1, 0.15) is 24.5 Å². The zero-order valence-electron chi connectivity index (χ0n) is 14.0. The van der Waals surface area contributed by atoms with Gasteiger partial charge in [0.05, 0.1) is 24.2 Å². The standard InChI is InChI=1S/C20H19N3O2/c1-12-8-16(25)10-21-19(12)15-6-7-17-18(9-15)23-20(22-17)14-4-2-13(11-24)3-5-14/h2-7,9,12,24H,8,10-11H2,1H3,(H,22,23)/t12-/m1/s1. The van der Waals surface area contributed by atoms with Crippen molar-refractivity contribution in [3.05, 3.63) is 53.6 Å². The van der Waals surface area contributed by atoms with E-state index >= 15 is 0 Å². The van der Waals surface area contributed by atoms with Gasteiger partial charge in [0.15, 0.2) is 5.78 Å². The summed E-state index contributed by atoms with van der Waals surface area (Å²) in [5.74, 6) is 1.14. The molecule has 4 rings (SSSR count). The van der Waals surface area contributed by atoms with Crippen molar-refractivity contribution in [1.82, 2.24) is 9.97 Å². The van der Waals surface area contributed by atoms with Crippen LogP contribution in [0.15, 0.2) is 47.5 Å². The Morgan fingerprint density at radius 1 is 1.16 bits per heavy atom. The number of H-pyrrole nitrogens is 1. The highest BCUT2D eigenvalue weighted by Crippen LogP contribution is 2.24. The molecule has 5 nitrogen and oxygen atoms in total. The van der Waals surface area contributed by atoms with Gasteiger partial charge in [0.1, 0.15) is 5.82 Å². The molecule has 1 aliphatic heterocycles. The molecule has 0 saturated heterocycles. The molecule has 1 atom stereocenters. The predicted octanol–water partition coefficient (Wildman–Crippen LogP) is 3.12. The monoisotopic (exact) mass is 333 g/mol. The predicted molar refractivity (Wildman–Crippen MR) is 97.6 cm³/mol. The Hall–Kier alpha value is -2.79. The minimum absolute atomic E-state index is 0.0343. The second-order valence-corrected chi connectivity index (χ2v) is 6.52. The summed E-state index contributed by atoms with van der Waals surface area (Å²) < 4.78 is 0. The number of aliphatic hydroxyl groups excluding tert-OH is 1. The maximum atomic E-state index is 11.5. The molecule has 2 aromatic carbocycles. The average Bonchev–Trinajstić information content (AvgIpc) is 3.05. The first-order chi connectivity index (χ1) is 12.1. The summed E-state index contributed by atoms with van der Waals surface area (Å²) in [6, 6.07) is 13.7. The van der Waals surface area contributed by atoms with E-state index in [9.17, 15) is 4.79 Å². The summed E-state index contributed by atoms with van der Waals surface area (Å²) >= 11 is 0. The highest BCUT2D eigenvalue weighted by atomic mass is 16.3. The number of carbonyl (C=O) groups is 1. The molecule has 0 aliphatic carbocycles. The summed E-state index contributed by atoms with van der Waals surface area (Å²) in [6.45, 7) is 2.36. The zero-order valence-corrected chi connectivity index (χ0v) is 14.0. The van der Waals surface area contributed by atoms with Crippen molar-refractivity contribution in [2.24, 2.45) is 10.9 Å². The fraction of sp³-hybridized carbons (Fsp3) is 0.250. The lowest BCUT2D eigenvalue weighted by molar-refractivity contribution is -0.118. The SMILES string of the molecule is C[C@@H]1CC(=O)CN=C1c1ccc2nc(-c3ccc(CO)cc3)[nH]c2c1. The molecule has 1 aromatic heterocycles. The van der Waals surface area contributed by atoms with E-state index in [-0.39, 0.29) is 24.9 Å². The lowest BCUT2D eigenvalue weighted by Crippen LogP contribution is -2.24. The fourth-order valence-corrected chi connectivity index (χ4v) is 3.28. The quantitative estimate of drug-likeness (QED) is 0.773. The van der Waals surface area contributed by atoms with Gasteiger partial charge in [-0.25, -0.2) is 4.98 Å². The number of benzene rings is 2. The van der Waals surface area contributed by atoms with Crippen molar-refractivity contribution in [2.75, 3.05) is 6.54 Å². The van der Waals surface area contributed by atoms with Crippen molar-refractivity contribution in [1.29, 1.82) is 0 Å². The van der Waals surface area contributed by atoms with Gasteiger partial charge in [0.25, 0.3) is 0 Å². The number of aliphatic hydroxyl groups is 1. The summed E-state index contributed by atoms with van der Waals surface area (Å²) in [5, 5.41) is 9.15. The van der Waals surface area contributed by atoms with E-state index in [0.29, 0.717) is 6.42 Å². The first kappa shape index (κ1) is 15.7. The van der Waals surface area contributed by atoms with Crippen LogP contribution in [0.5, 0.6) is 0 Å². The molecule has 0 saturated carbocycles. The summed E-state index contributed by atoms with van der Waals surface area (Å²) in [6.07, 6.45) is 0.558. The van der Waals surface area contributed by atoms with Crippen LogP contribution in [0, 0.1) is 5.92 Å². The second-order valence-electron chi connectivity index (χ2n) is 6.52. The maximum absolute atomic E-state index is 11.5. The minimum atomic E-state index is 0.0343. The van der Waals surface area contributed by atoms with E-state index in [0.717, 1.165) is 39.3 Å². The van der Waals surface area contributed by atoms with Crippen LogP contribution in [-0.4, -0.2) is 33.1 Å². The van der Waals surface area contributed by atoms with Gasteiger partial charge in [0, 0.05) is 23.6 Å². The molecule has 0 fully saturated rings. The molecule has 1 aliphatic rings. The van der Waals surface area contributed by atoms with Crippen molar-refractivity contribution in [3.8, 4) is 11.4 Å². The number of carbonyl (C=O) groups excluding carboxylic acids is 1. The Labute approximate surface area is 145 Å². The summed E-state index contributed by atoms with van der Waals surface area (Å²) in [5.41, 5.74) is 5.73. The third-order valence-corrected chi connectivity index (χ3v) is 4.61. The first-order valence-electron chi connectivity index (χ1n) is 8.40. The Morgan fingerprint density at radius 3 is 2.64 bits per heavy atom. The van der Waals surface area contributed by atoms with E-state index in [1.807, 2.05) is 43.3 Å². The third kappa shape index (κ3) is 2.98. The zero-order chi connectivity index (χ0) is 17.4. The molecule has 0 bridgehead atoms. The lowest BCUT2D eigenvalue weighted by atomic mass is 9.91. The van der Waals surface area contributed by atoms with Crippen molar-refractivity contribution >= 4 is 22.5 Å². The van der Waals surface area contributed by atoms with Gasteiger partial charge in [-0.15, -0.1) is 0 Å².